The third-order valence-corrected chi connectivity index (χ3v) is 3.53. The summed E-state index contributed by atoms with van der Waals surface area (Å²) in [6.45, 7) is 4.35. The summed E-state index contributed by atoms with van der Waals surface area (Å²) in [5.41, 5.74) is 0.317. The maximum Gasteiger partial charge on any atom is 0.194 e. The van der Waals surface area contributed by atoms with E-state index >= 15 is 0 Å². The molecule has 0 saturated heterocycles. The van der Waals surface area contributed by atoms with Gasteiger partial charge in [0.05, 0.1) is 0 Å². The standard InChI is InChI=1S/C14H18F3N/c1-8-3-9(2)5-10(4-8)18-11-6-12(15)14(17)13(16)7-11/h6-10,18H,3-5H2,1-2H3. The van der Waals surface area contributed by atoms with Crippen LogP contribution >= 0.6 is 0 Å². The van der Waals surface area contributed by atoms with Crippen LogP contribution in [0.4, 0.5) is 18.9 Å². The maximum absolute atomic E-state index is 13.1. The maximum atomic E-state index is 13.1. The van der Waals surface area contributed by atoms with Crippen molar-refractivity contribution in [1.82, 2.24) is 0 Å². The van der Waals surface area contributed by atoms with Crippen LogP contribution in [0.25, 0.3) is 0 Å². The third kappa shape index (κ3) is 2.98. The fourth-order valence-corrected chi connectivity index (χ4v) is 2.94. The molecule has 1 aliphatic carbocycles. The summed E-state index contributed by atoms with van der Waals surface area (Å²) >= 11 is 0. The number of hydrogen-bond acceptors (Lipinski definition) is 1. The Labute approximate surface area is 105 Å². The molecule has 0 aliphatic heterocycles. The van der Waals surface area contributed by atoms with Crippen molar-refractivity contribution in [2.75, 3.05) is 5.32 Å². The van der Waals surface area contributed by atoms with Crippen LogP contribution in [0, 0.1) is 29.3 Å². The van der Waals surface area contributed by atoms with Crippen LogP contribution in [0.15, 0.2) is 12.1 Å². The Morgan fingerprint density at radius 3 is 1.94 bits per heavy atom. The minimum atomic E-state index is -1.41. The molecule has 1 fully saturated rings. The van der Waals surface area contributed by atoms with E-state index in [0.29, 0.717) is 17.5 Å². The molecule has 2 unspecified atom stereocenters. The van der Waals surface area contributed by atoms with Crippen molar-refractivity contribution in [2.45, 2.75) is 39.2 Å². The van der Waals surface area contributed by atoms with Gasteiger partial charge in [-0.3, -0.25) is 0 Å². The van der Waals surface area contributed by atoms with Gasteiger partial charge in [-0.2, -0.15) is 0 Å². The summed E-state index contributed by atoms with van der Waals surface area (Å²) in [4.78, 5) is 0. The van der Waals surface area contributed by atoms with Gasteiger partial charge in [0.1, 0.15) is 0 Å². The number of anilines is 1. The van der Waals surface area contributed by atoms with Gasteiger partial charge in [0.2, 0.25) is 0 Å². The van der Waals surface area contributed by atoms with Gasteiger partial charge in [-0.25, -0.2) is 13.2 Å². The molecule has 0 spiro atoms. The van der Waals surface area contributed by atoms with E-state index in [1.54, 1.807) is 0 Å². The first-order chi connectivity index (χ1) is 8.45. The molecule has 1 saturated carbocycles. The second-order valence-corrected chi connectivity index (χ2v) is 5.51. The molecule has 1 nitrogen and oxygen atoms in total. The SMILES string of the molecule is CC1CC(C)CC(Nc2cc(F)c(F)c(F)c2)C1. The molecule has 100 valence electrons. The van der Waals surface area contributed by atoms with Gasteiger partial charge in [0.15, 0.2) is 17.5 Å². The van der Waals surface area contributed by atoms with Crippen molar-refractivity contribution in [3.05, 3.63) is 29.6 Å². The van der Waals surface area contributed by atoms with E-state index in [2.05, 4.69) is 19.2 Å². The summed E-state index contributed by atoms with van der Waals surface area (Å²) in [5, 5.41) is 3.10. The predicted molar refractivity (Wildman–Crippen MR) is 65.9 cm³/mol. The molecule has 18 heavy (non-hydrogen) atoms. The lowest BCUT2D eigenvalue weighted by Gasteiger charge is -2.32. The zero-order valence-corrected chi connectivity index (χ0v) is 10.6. The summed E-state index contributed by atoms with van der Waals surface area (Å²) in [6, 6.07) is 2.23. The van der Waals surface area contributed by atoms with Crippen LogP contribution in [0.1, 0.15) is 33.1 Å². The van der Waals surface area contributed by atoms with Crippen molar-refractivity contribution >= 4 is 5.69 Å². The second-order valence-electron chi connectivity index (χ2n) is 5.51. The van der Waals surface area contributed by atoms with E-state index in [0.717, 1.165) is 25.0 Å². The predicted octanol–water partition coefficient (Wildman–Crippen LogP) is 4.34. The van der Waals surface area contributed by atoms with Crippen LogP contribution in [-0.4, -0.2) is 6.04 Å². The molecular weight excluding hydrogens is 239 g/mol. The Kier molecular flexibility index (Phi) is 3.83. The molecule has 0 bridgehead atoms. The second kappa shape index (κ2) is 5.21. The highest BCUT2D eigenvalue weighted by Crippen LogP contribution is 2.31. The molecule has 0 radical (unpaired) electrons. The number of nitrogens with one attached hydrogen (secondary N) is 1. The molecule has 0 amide bonds. The average molecular weight is 257 g/mol. The van der Waals surface area contributed by atoms with Crippen molar-refractivity contribution in [3.63, 3.8) is 0 Å². The van der Waals surface area contributed by atoms with Crippen LogP contribution < -0.4 is 5.32 Å². The lowest BCUT2D eigenvalue weighted by Crippen LogP contribution is -2.30. The summed E-state index contributed by atoms with van der Waals surface area (Å²) in [5.74, 6) is -2.50. The lowest BCUT2D eigenvalue weighted by molar-refractivity contribution is 0.280. The third-order valence-electron chi connectivity index (χ3n) is 3.53. The number of benzene rings is 1. The molecular formula is C14H18F3N. The first kappa shape index (κ1) is 13.2. The van der Waals surface area contributed by atoms with Crippen LogP contribution in [-0.2, 0) is 0 Å². The summed E-state index contributed by atoms with van der Waals surface area (Å²) in [6.07, 6.45) is 3.14. The Morgan fingerprint density at radius 1 is 0.944 bits per heavy atom. The smallest absolute Gasteiger partial charge is 0.194 e. The van der Waals surface area contributed by atoms with Crippen molar-refractivity contribution in [3.8, 4) is 0 Å². The van der Waals surface area contributed by atoms with Crippen molar-refractivity contribution in [2.24, 2.45) is 11.8 Å². The largest absolute Gasteiger partial charge is 0.382 e. The molecule has 1 aromatic carbocycles. The highest BCUT2D eigenvalue weighted by molar-refractivity contribution is 5.45. The molecule has 0 heterocycles. The normalized spacial score (nSPS) is 28.2. The molecule has 2 atom stereocenters. The van der Waals surface area contributed by atoms with E-state index in [4.69, 9.17) is 0 Å². The first-order valence-electron chi connectivity index (χ1n) is 6.36. The molecule has 2 rings (SSSR count). The average Bonchev–Trinajstić information content (AvgIpc) is 2.24. The Morgan fingerprint density at radius 2 is 1.44 bits per heavy atom. The van der Waals surface area contributed by atoms with E-state index < -0.39 is 17.5 Å². The van der Waals surface area contributed by atoms with E-state index in [1.807, 2.05) is 0 Å². The topological polar surface area (TPSA) is 12.0 Å². The van der Waals surface area contributed by atoms with E-state index in [-0.39, 0.29) is 6.04 Å². The minimum absolute atomic E-state index is 0.202. The van der Waals surface area contributed by atoms with Crippen molar-refractivity contribution < 1.29 is 13.2 Å². The minimum Gasteiger partial charge on any atom is -0.382 e. The van der Waals surface area contributed by atoms with Gasteiger partial charge in [-0.1, -0.05) is 13.8 Å². The fraction of sp³-hybridized carbons (Fsp3) is 0.571. The van der Waals surface area contributed by atoms with E-state index in [1.165, 1.54) is 6.42 Å². The molecule has 1 N–H and O–H groups in total. The lowest BCUT2D eigenvalue weighted by atomic mass is 9.80. The first-order valence-corrected chi connectivity index (χ1v) is 6.36. The zero-order valence-electron chi connectivity index (χ0n) is 10.6. The van der Waals surface area contributed by atoms with Crippen LogP contribution in [0.2, 0.25) is 0 Å². The Balaban J connectivity index is 2.09. The summed E-state index contributed by atoms with van der Waals surface area (Å²) in [7, 11) is 0. The van der Waals surface area contributed by atoms with Gasteiger partial charge < -0.3 is 5.32 Å². The van der Waals surface area contributed by atoms with Gasteiger partial charge in [-0.15, -0.1) is 0 Å². The Bertz CT molecular complexity index is 400. The highest BCUT2D eigenvalue weighted by Gasteiger charge is 2.24. The fourth-order valence-electron chi connectivity index (χ4n) is 2.94. The molecule has 4 heteroatoms. The van der Waals surface area contributed by atoms with Gasteiger partial charge in [-0.05, 0) is 31.1 Å². The van der Waals surface area contributed by atoms with Crippen LogP contribution in [0.3, 0.4) is 0 Å². The quantitative estimate of drug-likeness (QED) is 0.777. The number of hydrogen-bond donors (Lipinski definition) is 1. The zero-order chi connectivity index (χ0) is 13.3. The molecule has 1 aromatic rings. The number of halogens is 3. The van der Waals surface area contributed by atoms with E-state index in [9.17, 15) is 13.2 Å². The summed E-state index contributed by atoms with van der Waals surface area (Å²) < 4.78 is 39.0. The highest BCUT2D eigenvalue weighted by atomic mass is 19.2. The Hall–Kier alpha value is -1.19. The van der Waals surface area contributed by atoms with Gasteiger partial charge in [0.25, 0.3) is 0 Å². The van der Waals surface area contributed by atoms with Gasteiger partial charge >= 0.3 is 0 Å². The molecule has 0 aromatic heterocycles. The molecule has 1 aliphatic rings. The van der Waals surface area contributed by atoms with Crippen molar-refractivity contribution in [1.29, 1.82) is 0 Å². The monoisotopic (exact) mass is 257 g/mol. The van der Waals surface area contributed by atoms with Gasteiger partial charge in [0, 0.05) is 23.9 Å². The number of rotatable bonds is 2. The van der Waals surface area contributed by atoms with Crippen LogP contribution in [0.5, 0.6) is 0 Å².